The largest absolute Gasteiger partial charge is 0.381 e. The van der Waals surface area contributed by atoms with Gasteiger partial charge in [0, 0.05) is 18.6 Å². The van der Waals surface area contributed by atoms with E-state index in [0.717, 1.165) is 5.92 Å². The second kappa shape index (κ2) is 5.05. The zero-order chi connectivity index (χ0) is 11.6. The Morgan fingerprint density at radius 3 is 2.44 bits per heavy atom. The van der Waals surface area contributed by atoms with Gasteiger partial charge in [0.15, 0.2) is 0 Å². The van der Waals surface area contributed by atoms with Gasteiger partial charge in [-0.15, -0.1) is 0 Å². The van der Waals surface area contributed by atoms with E-state index in [-0.39, 0.29) is 0 Å². The molecule has 2 unspecified atom stereocenters. The lowest BCUT2D eigenvalue weighted by molar-refractivity contribution is -0.123. The molecule has 94 valence electrons. The van der Waals surface area contributed by atoms with Gasteiger partial charge in [0.05, 0.1) is 6.10 Å². The van der Waals surface area contributed by atoms with Crippen molar-refractivity contribution >= 4 is 0 Å². The van der Waals surface area contributed by atoms with Gasteiger partial charge in [-0.1, -0.05) is 26.7 Å². The molecule has 2 fully saturated rings. The van der Waals surface area contributed by atoms with Crippen LogP contribution >= 0.6 is 0 Å². The van der Waals surface area contributed by atoms with Crippen LogP contribution in [0.1, 0.15) is 52.4 Å². The van der Waals surface area contributed by atoms with Crippen molar-refractivity contribution in [3.05, 3.63) is 0 Å². The average molecular weight is 225 g/mol. The van der Waals surface area contributed by atoms with Crippen LogP contribution in [0.3, 0.4) is 0 Å². The molecule has 2 atom stereocenters. The molecule has 2 rings (SSSR count). The van der Waals surface area contributed by atoms with Crippen LogP contribution in [0.15, 0.2) is 0 Å². The summed E-state index contributed by atoms with van der Waals surface area (Å²) in [4.78, 5) is 0. The van der Waals surface area contributed by atoms with Crippen LogP contribution in [0.2, 0.25) is 0 Å². The van der Waals surface area contributed by atoms with Crippen LogP contribution in [0.5, 0.6) is 0 Å². The Hall–Kier alpha value is -0.0800. The predicted molar refractivity (Wildman–Crippen MR) is 67.6 cm³/mol. The van der Waals surface area contributed by atoms with E-state index in [1.807, 2.05) is 7.11 Å². The molecule has 2 saturated carbocycles. The molecule has 0 aromatic heterocycles. The van der Waals surface area contributed by atoms with Gasteiger partial charge in [-0.2, -0.15) is 0 Å². The fourth-order valence-electron chi connectivity index (χ4n) is 3.43. The molecule has 0 spiro atoms. The monoisotopic (exact) mass is 225 g/mol. The summed E-state index contributed by atoms with van der Waals surface area (Å²) in [5, 5.41) is 3.77. The third kappa shape index (κ3) is 2.14. The first-order valence-corrected chi connectivity index (χ1v) is 7.03. The predicted octanol–water partition coefficient (Wildman–Crippen LogP) is 2.97. The summed E-state index contributed by atoms with van der Waals surface area (Å²) >= 11 is 0. The normalized spacial score (nSPS) is 32.4. The van der Waals surface area contributed by atoms with Crippen LogP contribution in [0, 0.1) is 11.3 Å². The first kappa shape index (κ1) is 12.4. The number of ether oxygens (including phenoxy) is 1. The van der Waals surface area contributed by atoms with Crippen LogP contribution < -0.4 is 5.32 Å². The second-order valence-electron chi connectivity index (χ2n) is 5.64. The Labute approximate surface area is 100 Å². The Bertz CT molecular complexity index is 221. The number of hydrogen-bond acceptors (Lipinski definition) is 2. The van der Waals surface area contributed by atoms with Crippen molar-refractivity contribution in [1.82, 2.24) is 5.32 Å². The standard InChI is InChI=1S/C14H27NO/c1-4-14(5-2)12(10-13(14)16-3)15-9-8-11-6-7-11/h11-13,15H,4-10H2,1-3H3. The first-order valence-electron chi connectivity index (χ1n) is 7.03. The van der Waals surface area contributed by atoms with Gasteiger partial charge in [-0.25, -0.2) is 0 Å². The lowest BCUT2D eigenvalue weighted by Crippen LogP contribution is -2.63. The highest BCUT2D eigenvalue weighted by molar-refractivity contribution is 5.06. The van der Waals surface area contributed by atoms with E-state index < -0.39 is 0 Å². The molecule has 0 aromatic rings. The van der Waals surface area contributed by atoms with E-state index >= 15 is 0 Å². The van der Waals surface area contributed by atoms with Crippen molar-refractivity contribution in [3.8, 4) is 0 Å². The first-order chi connectivity index (χ1) is 7.76. The lowest BCUT2D eigenvalue weighted by atomic mass is 9.58. The molecule has 1 N–H and O–H groups in total. The van der Waals surface area contributed by atoms with Crippen molar-refractivity contribution in [2.24, 2.45) is 11.3 Å². The molecule has 0 aromatic carbocycles. The number of nitrogens with one attached hydrogen (secondary N) is 1. The van der Waals surface area contributed by atoms with Crippen molar-refractivity contribution in [2.45, 2.75) is 64.5 Å². The summed E-state index contributed by atoms with van der Waals surface area (Å²) in [6, 6.07) is 0.700. The zero-order valence-corrected chi connectivity index (χ0v) is 11.1. The van der Waals surface area contributed by atoms with E-state index in [1.54, 1.807) is 0 Å². The summed E-state index contributed by atoms with van der Waals surface area (Å²) in [7, 11) is 1.87. The van der Waals surface area contributed by atoms with Crippen LogP contribution in [-0.4, -0.2) is 25.8 Å². The Morgan fingerprint density at radius 2 is 1.94 bits per heavy atom. The molecule has 0 radical (unpaired) electrons. The van der Waals surface area contributed by atoms with Gasteiger partial charge in [0.2, 0.25) is 0 Å². The Balaban J connectivity index is 1.79. The molecule has 2 heteroatoms. The van der Waals surface area contributed by atoms with Crippen molar-refractivity contribution in [3.63, 3.8) is 0 Å². The zero-order valence-electron chi connectivity index (χ0n) is 11.1. The van der Waals surface area contributed by atoms with Gasteiger partial charge in [-0.05, 0) is 38.1 Å². The van der Waals surface area contributed by atoms with Crippen LogP contribution in [-0.2, 0) is 4.74 Å². The van der Waals surface area contributed by atoms with E-state index in [9.17, 15) is 0 Å². The molecule has 0 amide bonds. The lowest BCUT2D eigenvalue weighted by Gasteiger charge is -2.55. The molecule has 0 heterocycles. The van der Waals surface area contributed by atoms with Gasteiger partial charge >= 0.3 is 0 Å². The minimum absolute atomic E-state index is 0.415. The second-order valence-corrected chi connectivity index (χ2v) is 5.64. The fraction of sp³-hybridized carbons (Fsp3) is 1.00. The van der Waals surface area contributed by atoms with Crippen molar-refractivity contribution in [1.29, 1.82) is 0 Å². The molecular formula is C14H27NO. The SMILES string of the molecule is CCC1(CC)C(NCCC2CC2)CC1OC. The van der Waals surface area contributed by atoms with E-state index in [4.69, 9.17) is 4.74 Å². The summed E-state index contributed by atoms with van der Waals surface area (Å²) in [5.41, 5.74) is 0.415. The fourth-order valence-corrected chi connectivity index (χ4v) is 3.43. The Morgan fingerprint density at radius 1 is 1.25 bits per heavy atom. The topological polar surface area (TPSA) is 21.3 Å². The number of rotatable bonds is 7. The van der Waals surface area contributed by atoms with Gasteiger partial charge in [0.25, 0.3) is 0 Å². The minimum atomic E-state index is 0.415. The summed E-state index contributed by atoms with van der Waals surface area (Å²) in [6.45, 7) is 5.84. The molecule has 2 aliphatic carbocycles. The Kier molecular flexibility index (Phi) is 3.91. The number of hydrogen-bond donors (Lipinski definition) is 1. The average Bonchev–Trinajstić information content (AvgIpc) is 3.08. The summed E-state index contributed by atoms with van der Waals surface area (Å²) in [5.74, 6) is 1.04. The van der Waals surface area contributed by atoms with Crippen molar-refractivity contribution in [2.75, 3.05) is 13.7 Å². The van der Waals surface area contributed by atoms with Crippen LogP contribution in [0.25, 0.3) is 0 Å². The summed E-state index contributed by atoms with van der Waals surface area (Å²) in [6.07, 6.45) is 8.51. The molecule has 0 bridgehead atoms. The highest BCUT2D eigenvalue weighted by Gasteiger charge is 2.52. The molecular weight excluding hydrogens is 198 g/mol. The molecule has 2 nitrogen and oxygen atoms in total. The van der Waals surface area contributed by atoms with E-state index in [0.29, 0.717) is 17.6 Å². The maximum absolute atomic E-state index is 5.61. The molecule has 16 heavy (non-hydrogen) atoms. The smallest absolute Gasteiger partial charge is 0.0657 e. The molecule has 2 aliphatic rings. The van der Waals surface area contributed by atoms with Crippen molar-refractivity contribution < 1.29 is 4.74 Å². The van der Waals surface area contributed by atoms with E-state index in [1.165, 1.54) is 45.1 Å². The van der Waals surface area contributed by atoms with Crippen LogP contribution in [0.4, 0.5) is 0 Å². The third-order valence-corrected chi connectivity index (χ3v) is 5.03. The third-order valence-electron chi connectivity index (χ3n) is 5.03. The quantitative estimate of drug-likeness (QED) is 0.719. The van der Waals surface area contributed by atoms with E-state index in [2.05, 4.69) is 19.2 Å². The molecule has 0 saturated heterocycles. The molecule has 0 aliphatic heterocycles. The summed E-state index contributed by atoms with van der Waals surface area (Å²) < 4.78 is 5.61. The number of methoxy groups -OCH3 is 1. The van der Waals surface area contributed by atoms with Gasteiger partial charge < -0.3 is 10.1 Å². The maximum atomic E-state index is 5.61. The highest BCUT2D eigenvalue weighted by atomic mass is 16.5. The highest BCUT2D eigenvalue weighted by Crippen LogP contribution is 2.48. The van der Waals surface area contributed by atoms with Gasteiger partial charge in [-0.3, -0.25) is 0 Å². The minimum Gasteiger partial charge on any atom is -0.381 e. The van der Waals surface area contributed by atoms with Gasteiger partial charge in [0.1, 0.15) is 0 Å². The maximum Gasteiger partial charge on any atom is 0.0657 e.